The van der Waals surface area contributed by atoms with Gasteiger partial charge in [-0.15, -0.1) is 21.1 Å². The van der Waals surface area contributed by atoms with Gasteiger partial charge in [0, 0.05) is 29.4 Å². The van der Waals surface area contributed by atoms with Crippen LogP contribution in [-0.2, 0) is 32.3 Å². The van der Waals surface area contributed by atoms with Crippen LogP contribution in [0.15, 0.2) is 28.7 Å². The third-order valence-electron chi connectivity index (χ3n) is 5.99. The van der Waals surface area contributed by atoms with Crippen molar-refractivity contribution in [3.05, 3.63) is 29.4 Å². The van der Waals surface area contributed by atoms with E-state index in [0.29, 0.717) is 17.1 Å². The summed E-state index contributed by atoms with van der Waals surface area (Å²) in [5.74, 6) is -2.27. The topological polar surface area (TPSA) is 181 Å². The first-order chi connectivity index (χ1) is 18.5. The highest BCUT2D eigenvalue weighted by atomic mass is 32.2. The third-order valence-corrected chi connectivity index (χ3v) is 7.87. The van der Waals surface area contributed by atoms with Gasteiger partial charge in [-0.3, -0.25) is 14.5 Å². The monoisotopic (exact) mass is 588 g/mol. The number of aromatic nitrogens is 4. The number of carbonyl (C=O) groups is 3. The number of carboxylic acid groups (broad SMARTS) is 1. The van der Waals surface area contributed by atoms with Gasteiger partial charge in [-0.1, -0.05) is 5.16 Å². The van der Waals surface area contributed by atoms with Crippen LogP contribution >= 0.6 is 23.3 Å². The molecule has 0 saturated carbocycles. The molecule has 2 atom stereocenters. The Balaban J connectivity index is 1.33. The molecule has 0 aliphatic carbocycles. The van der Waals surface area contributed by atoms with Crippen LogP contribution in [0.25, 0.3) is 0 Å². The first-order valence-corrected chi connectivity index (χ1v) is 13.3. The van der Waals surface area contributed by atoms with E-state index in [2.05, 4.69) is 30.0 Å². The molecule has 5 N–H and O–H groups in total. The maximum Gasteiger partial charge on any atom is 0.425 e. The van der Waals surface area contributed by atoms with Gasteiger partial charge in [0.25, 0.3) is 11.8 Å². The summed E-state index contributed by atoms with van der Waals surface area (Å²) in [5.41, 5.74) is 5.15. The number of nitrogen functional groups attached to an aromatic ring is 1. The van der Waals surface area contributed by atoms with E-state index in [0.717, 1.165) is 30.2 Å². The van der Waals surface area contributed by atoms with Crippen LogP contribution in [-0.4, -0.2) is 84.0 Å². The summed E-state index contributed by atoms with van der Waals surface area (Å²) in [4.78, 5) is 47.3. The summed E-state index contributed by atoms with van der Waals surface area (Å²) >= 11 is 1.93. The van der Waals surface area contributed by atoms with Crippen molar-refractivity contribution in [2.24, 2.45) is 5.16 Å². The number of hydrogen-bond donors (Lipinski definition) is 4. The van der Waals surface area contributed by atoms with Crippen LogP contribution in [0.4, 0.5) is 24.1 Å². The Morgan fingerprint density at radius 3 is 2.90 bits per heavy atom. The molecule has 3 aliphatic rings. The van der Waals surface area contributed by atoms with Crippen LogP contribution in [0.5, 0.6) is 0 Å². The van der Waals surface area contributed by atoms with Gasteiger partial charge in [0.15, 0.2) is 23.7 Å². The zero-order valence-electron chi connectivity index (χ0n) is 19.8. The van der Waals surface area contributed by atoms with Crippen molar-refractivity contribution in [3.63, 3.8) is 0 Å². The maximum atomic E-state index is 13.0. The van der Waals surface area contributed by atoms with E-state index in [1.54, 1.807) is 0 Å². The molecule has 19 heteroatoms. The minimum atomic E-state index is -4.71. The molecule has 1 saturated heterocycles. The molecule has 5 heterocycles. The molecular weight excluding hydrogens is 567 g/mol. The quantitative estimate of drug-likeness (QED) is 0.139. The normalized spacial score (nSPS) is 21.1. The van der Waals surface area contributed by atoms with Crippen LogP contribution in [0.2, 0.25) is 0 Å². The lowest BCUT2D eigenvalue weighted by atomic mass is 10.0. The number of anilines is 2. The maximum absolute atomic E-state index is 13.0. The molecule has 5 rings (SSSR count). The number of nitrogens with two attached hydrogens (primary N) is 1. The van der Waals surface area contributed by atoms with Crippen molar-refractivity contribution in [1.29, 1.82) is 0 Å². The van der Waals surface area contributed by atoms with E-state index >= 15 is 0 Å². The van der Waals surface area contributed by atoms with E-state index in [1.165, 1.54) is 11.8 Å². The van der Waals surface area contributed by atoms with E-state index in [4.69, 9.17) is 5.73 Å². The van der Waals surface area contributed by atoms with Crippen LogP contribution in [0, 0.1) is 0 Å². The molecule has 2 aromatic heterocycles. The van der Waals surface area contributed by atoms with Gasteiger partial charge in [0.05, 0.1) is 12.6 Å². The van der Waals surface area contributed by atoms with E-state index in [9.17, 15) is 32.7 Å². The van der Waals surface area contributed by atoms with Gasteiger partial charge in [0.1, 0.15) is 17.1 Å². The minimum absolute atomic E-state index is 0.0725. The Kier molecular flexibility index (Phi) is 7.10. The van der Waals surface area contributed by atoms with Crippen molar-refractivity contribution < 1.29 is 42.2 Å². The number of nitrogens with one attached hydrogen (secondary N) is 2. The average molecular weight is 589 g/mol. The Bertz CT molecular complexity index is 1390. The Labute approximate surface area is 225 Å². The molecule has 1 fully saturated rings. The van der Waals surface area contributed by atoms with Crippen LogP contribution < -0.4 is 21.0 Å². The second kappa shape index (κ2) is 10.4. The summed E-state index contributed by atoms with van der Waals surface area (Å²) in [6, 6.07) is 0.724. The number of oxime groups is 1. The summed E-state index contributed by atoms with van der Waals surface area (Å²) in [6.07, 6.45) is -1.97. The number of carbonyl (C=O) groups excluding carboxylic acids is 2. The molecule has 0 unspecified atom stereocenters. The molecule has 208 valence electrons. The predicted molar refractivity (Wildman–Crippen MR) is 130 cm³/mol. The number of fused-ring (bicyclic) bond motifs is 2. The zero-order chi connectivity index (χ0) is 27.9. The molecule has 2 amide bonds. The van der Waals surface area contributed by atoms with Gasteiger partial charge in [-0.25, -0.2) is 4.79 Å². The average Bonchev–Trinajstić information content (AvgIpc) is 3.50. The molecule has 0 bridgehead atoms. The zero-order valence-corrected chi connectivity index (χ0v) is 21.5. The summed E-state index contributed by atoms with van der Waals surface area (Å²) in [5, 5.41) is 18.0. The first-order valence-electron chi connectivity index (χ1n) is 11.4. The van der Waals surface area contributed by atoms with E-state index in [-0.39, 0.29) is 29.0 Å². The number of hydrogen-bond acceptors (Lipinski definition) is 11. The fraction of sp³-hybridized carbons (Fsp3) is 0.450. The summed E-state index contributed by atoms with van der Waals surface area (Å²) in [6.45, 7) is 0.0705. The van der Waals surface area contributed by atoms with Gasteiger partial charge < -0.3 is 26.3 Å². The second-order valence-corrected chi connectivity index (χ2v) is 10.5. The van der Waals surface area contributed by atoms with Gasteiger partial charge in [0.2, 0.25) is 18.1 Å². The summed E-state index contributed by atoms with van der Waals surface area (Å²) in [7, 11) is 0. The fourth-order valence-electron chi connectivity index (χ4n) is 4.34. The van der Waals surface area contributed by atoms with Crippen LogP contribution in [0.1, 0.15) is 12.2 Å². The van der Waals surface area contributed by atoms with Gasteiger partial charge in [-0.05, 0) is 6.42 Å². The lowest BCUT2D eigenvalue weighted by molar-refractivity contribution is -0.768. The minimum Gasteiger partial charge on any atom is -0.477 e. The van der Waals surface area contributed by atoms with Gasteiger partial charge in [-0.2, -0.15) is 22.5 Å². The lowest BCUT2D eigenvalue weighted by Crippen LogP contribution is -2.71. The molecule has 39 heavy (non-hydrogen) atoms. The van der Waals surface area contributed by atoms with E-state index < -0.39 is 47.7 Å². The molecule has 14 nitrogen and oxygen atoms in total. The number of β-lactam (4-membered cyclic amide) rings is 1. The molecule has 0 aromatic carbocycles. The molecule has 0 spiro atoms. The predicted octanol–water partition coefficient (Wildman–Crippen LogP) is -0.253. The van der Waals surface area contributed by atoms with Crippen molar-refractivity contribution in [2.75, 3.05) is 30.0 Å². The Hall–Kier alpha value is -3.87. The van der Waals surface area contributed by atoms with Crippen molar-refractivity contribution in [3.8, 4) is 0 Å². The smallest absolute Gasteiger partial charge is 0.425 e. The molecule has 0 radical (unpaired) electrons. The third kappa shape index (κ3) is 5.35. The Morgan fingerprint density at radius 2 is 2.21 bits per heavy atom. The Morgan fingerprint density at radius 1 is 1.41 bits per heavy atom. The number of alkyl halides is 3. The number of halogens is 3. The summed E-state index contributed by atoms with van der Waals surface area (Å²) < 4.78 is 45.2. The number of nitrogens with zero attached hydrogens (tertiary/aromatic N) is 6. The standard InChI is InChI=1S/C20H20F3N9O5S2/c21-20(22,23)8-37-28-11(14-27-19(24)39-29-14)15(33)26-12-16(34)32-13(18(35)36)9(7-38-17(12)32)6-30-5-2-10-25-3-1-4-31(10)30/h2,5,12,17H,1,3-4,6-8H2,(H4,24,26,27,29,33,35,36)/p+1/t12-,17-/m1/s1. The number of aliphatic carboxylic acids is 1. The van der Waals surface area contributed by atoms with Crippen molar-refractivity contribution >= 4 is 57.7 Å². The lowest BCUT2D eigenvalue weighted by Gasteiger charge is -2.49. The number of rotatable bonds is 8. The van der Waals surface area contributed by atoms with Gasteiger partial charge >= 0.3 is 12.1 Å². The van der Waals surface area contributed by atoms with E-state index in [1.807, 2.05) is 21.6 Å². The second-order valence-electron chi connectivity index (χ2n) is 8.61. The van der Waals surface area contributed by atoms with Crippen LogP contribution in [0.3, 0.4) is 0 Å². The largest absolute Gasteiger partial charge is 0.477 e. The molecule has 3 aliphatic heterocycles. The first kappa shape index (κ1) is 26.7. The highest BCUT2D eigenvalue weighted by Gasteiger charge is 2.55. The number of amides is 2. The number of carboxylic acids is 1. The SMILES string of the molecule is Nc1nc(C(=NOCC(F)(F)F)C(=O)N[C@@H]2C(=O)N3C(C(=O)O)=C(C[n+]4ccc5n4CCCN5)CS[C@H]23)ns1. The highest BCUT2D eigenvalue weighted by Crippen LogP contribution is 2.40. The highest BCUT2D eigenvalue weighted by molar-refractivity contribution is 8.00. The van der Waals surface area contributed by atoms with Crippen molar-refractivity contribution in [2.45, 2.75) is 37.1 Å². The van der Waals surface area contributed by atoms with Crippen molar-refractivity contribution in [1.82, 2.24) is 24.3 Å². The molecular formula is C20H21F3N9O5S2+. The fourth-order valence-corrected chi connectivity index (χ4v) is 6.11. The number of thioether (sulfide) groups is 1. The molecule has 2 aromatic rings.